The maximum absolute atomic E-state index is 12.6. The van der Waals surface area contributed by atoms with Gasteiger partial charge < -0.3 is 25.0 Å². The first kappa shape index (κ1) is 24.3. The van der Waals surface area contributed by atoms with E-state index in [1.54, 1.807) is 18.4 Å². The second-order valence-corrected chi connectivity index (χ2v) is 7.55. The van der Waals surface area contributed by atoms with Crippen LogP contribution in [0.15, 0.2) is 34.6 Å². The van der Waals surface area contributed by atoms with Gasteiger partial charge in [0.15, 0.2) is 17.5 Å². The van der Waals surface area contributed by atoms with Crippen molar-refractivity contribution in [3.05, 3.63) is 40.1 Å². The average molecular weight is 544 g/mol. The van der Waals surface area contributed by atoms with E-state index >= 15 is 0 Å². The molecule has 1 amide bonds. The number of thiophene rings is 1. The predicted octanol–water partition coefficient (Wildman–Crippen LogP) is 3.74. The molecule has 3 rings (SSSR count). The minimum absolute atomic E-state index is 0. The molecule has 0 radical (unpaired) electrons. The number of hydrogen-bond donors (Lipinski definition) is 2. The molecule has 2 aromatic rings. The Balaban J connectivity index is 0.00000320. The summed E-state index contributed by atoms with van der Waals surface area (Å²) in [6, 6.07) is 7.70. The molecule has 0 saturated heterocycles. The van der Waals surface area contributed by atoms with Crippen molar-refractivity contribution in [3.63, 3.8) is 0 Å². The highest BCUT2D eigenvalue weighted by molar-refractivity contribution is 14.0. The monoisotopic (exact) mass is 544 g/mol. The molecular formula is C21H29IN4O3S. The molecule has 2 N–H and O–H groups in total. The number of amides is 1. The highest BCUT2D eigenvalue weighted by Gasteiger charge is 2.21. The Morgan fingerprint density at radius 1 is 1.27 bits per heavy atom. The highest BCUT2D eigenvalue weighted by atomic mass is 127. The summed E-state index contributed by atoms with van der Waals surface area (Å²) >= 11 is 1.77. The van der Waals surface area contributed by atoms with Gasteiger partial charge in [-0.05, 0) is 49.4 Å². The van der Waals surface area contributed by atoms with Crippen LogP contribution in [0, 0.1) is 0 Å². The smallest absolute Gasteiger partial charge is 0.244 e. The fourth-order valence-corrected chi connectivity index (χ4v) is 4.06. The number of halogens is 1. The van der Waals surface area contributed by atoms with Gasteiger partial charge in [0.2, 0.25) is 5.91 Å². The van der Waals surface area contributed by atoms with Crippen molar-refractivity contribution in [1.29, 1.82) is 0 Å². The van der Waals surface area contributed by atoms with Crippen LogP contribution in [0.2, 0.25) is 0 Å². The maximum Gasteiger partial charge on any atom is 0.244 e. The van der Waals surface area contributed by atoms with Gasteiger partial charge in [0.1, 0.15) is 6.54 Å². The minimum Gasteiger partial charge on any atom is -0.493 e. The van der Waals surface area contributed by atoms with Crippen molar-refractivity contribution in [2.45, 2.75) is 26.8 Å². The number of methoxy groups -OCH3 is 1. The lowest BCUT2D eigenvalue weighted by atomic mass is 10.1. The minimum atomic E-state index is 0. The fraction of sp³-hybridized carbons (Fsp3) is 0.429. The van der Waals surface area contributed by atoms with E-state index in [-0.39, 0.29) is 36.4 Å². The third kappa shape index (κ3) is 6.24. The van der Waals surface area contributed by atoms with Gasteiger partial charge in [-0.1, -0.05) is 0 Å². The van der Waals surface area contributed by atoms with Crippen molar-refractivity contribution in [2.24, 2.45) is 4.99 Å². The van der Waals surface area contributed by atoms with Gasteiger partial charge in [0, 0.05) is 36.3 Å². The predicted molar refractivity (Wildman–Crippen MR) is 133 cm³/mol. The highest BCUT2D eigenvalue weighted by Crippen LogP contribution is 2.30. The van der Waals surface area contributed by atoms with Gasteiger partial charge in [-0.3, -0.25) is 4.79 Å². The number of benzene rings is 1. The molecule has 0 aliphatic carbocycles. The topological polar surface area (TPSA) is 75.2 Å². The summed E-state index contributed by atoms with van der Waals surface area (Å²) in [4.78, 5) is 20.4. The van der Waals surface area contributed by atoms with Crippen LogP contribution in [-0.2, 0) is 17.8 Å². The van der Waals surface area contributed by atoms with Crippen molar-refractivity contribution >= 4 is 52.9 Å². The van der Waals surface area contributed by atoms with Crippen LogP contribution in [0.4, 0.5) is 5.69 Å². The number of carbonyl (C=O) groups is 1. The molecule has 9 heteroatoms. The molecule has 0 saturated carbocycles. The van der Waals surface area contributed by atoms with Gasteiger partial charge in [0.05, 0.1) is 13.7 Å². The second-order valence-electron chi connectivity index (χ2n) is 6.55. The number of rotatable bonds is 7. The number of nitrogens with one attached hydrogen (secondary N) is 2. The Labute approximate surface area is 198 Å². The van der Waals surface area contributed by atoms with Crippen LogP contribution in [0.25, 0.3) is 0 Å². The first-order chi connectivity index (χ1) is 14.1. The number of fused-ring (bicyclic) bond motifs is 1. The van der Waals surface area contributed by atoms with Crippen LogP contribution in [0.5, 0.6) is 11.5 Å². The van der Waals surface area contributed by atoms with Crippen molar-refractivity contribution in [2.75, 3.05) is 38.7 Å². The van der Waals surface area contributed by atoms with Gasteiger partial charge in [0.25, 0.3) is 0 Å². The summed E-state index contributed by atoms with van der Waals surface area (Å²) in [6.45, 7) is 6.68. The lowest BCUT2D eigenvalue weighted by Crippen LogP contribution is -2.38. The number of aliphatic imine (C=N–C) groups is 1. The fourth-order valence-electron chi connectivity index (χ4n) is 3.17. The average Bonchev–Trinajstić information content (AvgIpc) is 3.20. The summed E-state index contributed by atoms with van der Waals surface area (Å²) in [5.41, 5.74) is 2.06. The number of ether oxygens (including phenoxy) is 2. The zero-order chi connectivity index (χ0) is 20.6. The summed E-state index contributed by atoms with van der Waals surface area (Å²) in [7, 11) is 1.61. The summed E-state index contributed by atoms with van der Waals surface area (Å²) in [5.74, 6) is 1.92. The Hall–Kier alpha value is -2.01. The third-order valence-corrected chi connectivity index (χ3v) is 5.63. The van der Waals surface area contributed by atoms with Gasteiger partial charge in [-0.25, -0.2) is 4.99 Å². The first-order valence-corrected chi connectivity index (χ1v) is 10.7. The zero-order valence-corrected chi connectivity index (χ0v) is 20.7. The largest absolute Gasteiger partial charge is 0.493 e. The van der Waals surface area contributed by atoms with E-state index in [2.05, 4.69) is 27.1 Å². The van der Waals surface area contributed by atoms with Crippen LogP contribution in [0.1, 0.15) is 24.3 Å². The molecule has 2 heterocycles. The Bertz CT molecular complexity index is 872. The van der Waals surface area contributed by atoms with Crippen molar-refractivity contribution < 1.29 is 14.3 Å². The van der Waals surface area contributed by atoms with E-state index < -0.39 is 0 Å². The summed E-state index contributed by atoms with van der Waals surface area (Å²) < 4.78 is 10.9. The molecule has 30 heavy (non-hydrogen) atoms. The Kier molecular flexibility index (Phi) is 9.70. The third-order valence-electron chi connectivity index (χ3n) is 4.60. The van der Waals surface area contributed by atoms with E-state index in [1.165, 1.54) is 10.4 Å². The quantitative estimate of drug-likeness (QED) is 0.316. The lowest BCUT2D eigenvalue weighted by Gasteiger charge is -2.26. The molecule has 0 fully saturated rings. The lowest BCUT2D eigenvalue weighted by molar-refractivity contribution is -0.130. The molecule has 1 aliphatic heterocycles. The SMILES string of the molecule is CCNC(=NCC(=O)N1CCc2sccc2C1)Nc1ccc(OC)c(OCC)c1.I. The molecular weight excluding hydrogens is 515 g/mol. The van der Waals surface area contributed by atoms with Gasteiger partial charge in [-0.2, -0.15) is 0 Å². The van der Waals surface area contributed by atoms with Gasteiger partial charge >= 0.3 is 0 Å². The van der Waals surface area contributed by atoms with Crippen LogP contribution >= 0.6 is 35.3 Å². The van der Waals surface area contributed by atoms with E-state index in [0.29, 0.717) is 37.2 Å². The van der Waals surface area contributed by atoms with E-state index in [4.69, 9.17) is 9.47 Å². The molecule has 164 valence electrons. The van der Waals surface area contributed by atoms with Crippen molar-refractivity contribution in [1.82, 2.24) is 10.2 Å². The molecule has 0 atom stereocenters. The number of anilines is 1. The van der Waals surface area contributed by atoms with Crippen LogP contribution < -0.4 is 20.1 Å². The molecule has 0 unspecified atom stereocenters. The first-order valence-electron chi connectivity index (χ1n) is 9.83. The molecule has 0 bridgehead atoms. The van der Waals surface area contributed by atoms with E-state index in [9.17, 15) is 4.79 Å². The molecule has 1 aliphatic rings. The zero-order valence-electron chi connectivity index (χ0n) is 17.6. The normalized spacial score (nSPS) is 13.2. The van der Waals surface area contributed by atoms with Crippen LogP contribution in [0.3, 0.4) is 0 Å². The molecule has 0 spiro atoms. The van der Waals surface area contributed by atoms with Gasteiger partial charge in [-0.15, -0.1) is 35.3 Å². The molecule has 1 aromatic heterocycles. The van der Waals surface area contributed by atoms with E-state index in [0.717, 1.165) is 18.7 Å². The number of hydrogen-bond acceptors (Lipinski definition) is 5. The number of carbonyl (C=O) groups excluding carboxylic acids is 1. The second kappa shape index (κ2) is 12.0. The van der Waals surface area contributed by atoms with E-state index in [1.807, 2.05) is 36.9 Å². The maximum atomic E-state index is 12.6. The number of nitrogens with zero attached hydrogens (tertiary/aromatic N) is 2. The molecule has 7 nitrogen and oxygen atoms in total. The standard InChI is InChI=1S/C21H28N4O3S.HI/c1-4-22-21(24-16-6-7-17(27-3)18(12-16)28-5-2)23-13-20(26)25-10-8-19-15(14-25)9-11-29-19;/h6-7,9,11-12H,4-5,8,10,13-14H2,1-3H3,(H2,22,23,24);1H. The van der Waals surface area contributed by atoms with Crippen molar-refractivity contribution in [3.8, 4) is 11.5 Å². The summed E-state index contributed by atoms with van der Waals surface area (Å²) in [6.07, 6.45) is 0.923. The number of guanidine groups is 1. The van der Waals surface area contributed by atoms with Crippen LogP contribution in [-0.4, -0.2) is 50.1 Å². The summed E-state index contributed by atoms with van der Waals surface area (Å²) in [5, 5.41) is 8.51. The Morgan fingerprint density at radius 2 is 2.10 bits per heavy atom. The molecule has 1 aromatic carbocycles. The Morgan fingerprint density at radius 3 is 2.83 bits per heavy atom.